The highest BCUT2D eigenvalue weighted by molar-refractivity contribution is 7.85. The highest BCUT2D eigenvalue weighted by atomic mass is 32.2. The number of benzene rings is 1. The largest absolute Gasteiger partial charge is 0.312 e. The van der Waals surface area contributed by atoms with E-state index in [0.29, 0.717) is 5.92 Å². The predicted octanol–water partition coefficient (Wildman–Crippen LogP) is 2.28. The van der Waals surface area contributed by atoms with Crippen molar-refractivity contribution >= 4 is 10.8 Å². The van der Waals surface area contributed by atoms with Crippen molar-refractivity contribution in [2.24, 2.45) is 5.92 Å². The predicted molar refractivity (Wildman–Crippen MR) is 73.6 cm³/mol. The Morgan fingerprint density at radius 1 is 1.41 bits per heavy atom. The molecule has 1 N–H and O–H groups in total. The number of nitrogens with one attached hydrogen (secondary N) is 1. The van der Waals surface area contributed by atoms with Crippen molar-refractivity contribution < 1.29 is 4.21 Å². The lowest BCUT2D eigenvalue weighted by molar-refractivity contribution is 0.575. The molecule has 3 unspecified atom stereocenters. The average molecular weight is 251 g/mol. The summed E-state index contributed by atoms with van der Waals surface area (Å²) in [6, 6.07) is 8.71. The van der Waals surface area contributed by atoms with E-state index >= 15 is 0 Å². The first-order chi connectivity index (χ1) is 8.13. The molecule has 1 aromatic rings. The molecule has 0 spiro atoms. The van der Waals surface area contributed by atoms with E-state index in [2.05, 4.69) is 43.4 Å². The van der Waals surface area contributed by atoms with Crippen molar-refractivity contribution in [1.29, 1.82) is 0 Å². The first kappa shape index (κ1) is 12.8. The highest BCUT2D eigenvalue weighted by Gasteiger charge is 2.35. The van der Waals surface area contributed by atoms with Crippen LogP contribution in [0, 0.1) is 5.92 Å². The Hall–Kier alpha value is -0.670. The van der Waals surface area contributed by atoms with E-state index in [1.54, 1.807) is 0 Å². The minimum atomic E-state index is -0.744. The van der Waals surface area contributed by atoms with Crippen LogP contribution in [-0.2, 0) is 17.2 Å². The zero-order valence-electron chi connectivity index (χ0n) is 10.8. The lowest BCUT2D eigenvalue weighted by Gasteiger charge is -2.20. The third-order valence-electron chi connectivity index (χ3n) is 3.33. The third-order valence-corrected chi connectivity index (χ3v) is 5.44. The number of hydrogen-bond donors (Lipinski definition) is 1. The van der Waals surface area contributed by atoms with Gasteiger partial charge >= 0.3 is 0 Å². The van der Waals surface area contributed by atoms with E-state index in [1.807, 2.05) is 7.05 Å². The number of rotatable bonds is 4. The van der Waals surface area contributed by atoms with Crippen LogP contribution in [0.3, 0.4) is 0 Å². The minimum Gasteiger partial charge on any atom is -0.312 e. The summed E-state index contributed by atoms with van der Waals surface area (Å²) in [6.07, 6.45) is 0.945. The van der Waals surface area contributed by atoms with E-state index < -0.39 is 10.8 Å². The zero-order valence-corrected chi connectivity index (χ0v) is 11.6. The fourth-order valence-electron chi connectivity index (χ4n) is 2.60. The van der Waals surface area contributed by atoms with Crippen LogP contribution in [-0.4, -0.2) is 22.3 Å². The molecule has 0 radical (unpaired) electrons. The van der Waals surface area contributed by atoms with Gasteiger partial charge in [0.05, 0.1) is 5.25 Å². The van der Waals surface area contributed by atoms with Crippen molar-refractivity contribution in [1.82, 2.24) is 5.32 Å². The van der Waals surface area contributed by atoms with Gasteiger partial charge in [0.1, 0.15) is 0 Å². The van der Waals surface area contributed by atoms with Crippen molar-refractivity contribution in [3.63, 3.8) is 0 Å². The molecule has 1 aliphatic carbocycles. The second kappa shape index (κ2) is 5.32. The molecule has 0 aromatic heterocycles. The Bertz CT molecular complexity index is 416. The van der Waals surface area contributed by atoms with Crippen LogP contribution < -0.4 is 5.32 Å². The molecule has 1 aromatic carbocycles. The molecule has 0 bridgehead atoms. The Morgan fingerprint density at radius 3 is 2.76 bits per heavy atom. The molecule has 0 aliphatic heterocycles. The summed E-state index contributed by atoms with van der Waals surface area (Å²) in [5, 5.41) is 3.57. The Kier molecular flexibility index (Phi) is 4.00. The van der Waals surface area contributed by atoms with Gasteiger partial charge in [-0.2, -0.15) is 0 Å². The first-order valence-electron chi connectivity index (χ1n) is 6.25. The standard InChI is InChI=1S/C14H21NOS/c1-10(2)9-17(16)13-8-11-6-4-5-7-12(11)14(13)15-3/h4-7,10,13-15H,8-9H2,1-3H3. The quantitative estimate of drug-likeness (QED) is 0.889. The normalized spacial score (nSPS) is 24.9. The molecule has 0 saturated carbocycles. The third kappa shape index (κ3) is 2.61. The van der Waals surface area contributed by atoms with Gasteiger partial charge in [-0.05, 0) is 30.5 Å². The molecular formula is C14H21NOS. The van der Waals surface area contributed by atoms with Crippen LogP contribution >= 0.6 is 0 Å². The summed E-state index contributed by atoms with van der Waals surface area (Å²) in [5.74, 6) is 1.30. The maximum atomic E-state index is 12.4. The zero-order chi connectivity index (χ0) is 12.4. The summed E-state index contributed by atoms with van der Waals surface area (Å²) >= 11 is 0. The summed E-state index contributed by atoms with van der Waals surface area (Å²) < 4.78 is 12.4. The molecule has 0 saturated heterocycles. The number of fused-ring (bicyclic) bond motifs is 1. The van der Waals surface area contributed by atoms with Crippen LogP contribution in [0.25, 0.3) is 0 Å². The van der Waals surface area contributed by atoms with E-state index in [9.17, 15) is 4.21 Å². The summed E-state index contributed by atoms with van der Waals surface area (Å²) in [5.41, 5.74) is 2.69. The summed E-state index contributed by atoms with van der Waals surface area (Å²) in [7, 11) is 1.22. The topological polar surface area (TPSA) is 29.1 Å². The van der Waals surface area contributed by atoms with Gasteiger partial charge in [0.15, 0.2) is 0 Å². The molecule has 0 heterocycles. The van der Waals surface area contributed by atoms with Crippen molar-refractivity contribution in [3.8, 4) is 0 Å². The minimum absolute atomic E-state index is 0.236. The SMILES string of the molecule is CNC1c2ccccc2CC1S(=O)CC(C)C. The average Bonchev–Trinajstić information content (AvgIpc) is 2.66. The van der Waals surface area contributed by atoms with Crippen molar-refractivity contribution in [2.45, 2.75) is 31.6 Å². The lowest BCUT2D eigenvalue weighted by Crippen LogP contribution is -2.31. The molecule has 3 atom stereocenters. The Balaban J connectivity index is 2.20. The molecule has 2 nitrogen and oxygen atoms in total. The lowest BCUT2D eigenvalue weighted by atomic mass is 10.1. The highest BCUT2D eigenvalue weighted by Crippen LogP contribution is 2.34. The summed E-state index contributed by atoms with van der Waals surface area (Å²) in [6.45, 7) is 4.27. The van der Waals surface area contributed by atoms with Gasteiger partial charge in [0, 0.05) is 22.6 Å². The van der Waals surface area contributed by atoms with Gasteiger partial charge in [0.25, 0.3) is 0 Å². The monoisotopic (exact) mass is 251 g/mol. The molecule has 1 aliphatic rings. The van der Waals surface area contributed by atoms with Crippen LogP contribution in [0.15, 0.2) is 24.3 Å². The molecular weight excluding hydrogens is 230 g/mol. The second-order valence-corrected chi connectivity index (χ2v) is 6.85. The van der Waals surface area contributed by atoms with Crippen LogP contribution in [0.1, 0.15) is 31.0 Å². The Labute approximate surface area is 106 Å². The second-order valence-electron chi connectivity index (χ2n) is 5.15. The molecule has 94 valence electrons. The van der Waals surface area contributed by atoms with E-state index in [-0.39, 0.29) is 11.3 Å². The first-order valence-corrected chi connectivity index (χ1v) is 7.64. The van der Waals surface area contributed by atoms with Gasteiger partial charge < -0.3 is 5.32 Å². The fourth-order valence-corrected chi connectivity index (χ4v) is 4.45. The molecule has 0 amide bonds. The fraction of sp³-hybridized carbons (Fsp3) is 0.571. The van der Waals surface area contributed by atoms with Crippen molar-refractivity contribution in [2.75, 3.05) is 12.8 Å². The Morgan fingerprint density at radius 2 is 2.12 bits per heavy atom. The van der Waals surface area contributed by atoms with Crippen LogP contribution in [0.5, 0.6) is 0 Å². The molecule has 3 heteroatoms. The van der Waals surface area contributed by atoms with Gasteiger partial charge in [0.2, 0.25) is 0 Å². The van der Waals surface area contributed by atoms with Gasteiger partial charge in [-0.1, -0.05) is 38.1 Å². The molecule has 2 rings (SSSR count). The van der Waals surface area contributed by atoms with Crippen molar-refractivity contribution in [3.05, 3.63) is 35.4 Å². The van der Waals surface area contributed by atoms with E-state index in [4.69, 9.17) is 0 Å². The molecule has 0 fully saturated rings. The van der Waals surface area contributed by atoms with Gasteiger partial charge in [-0.15, -0.1) is 0 Å². The summed E-state index contributed by atoms with van der Waals surface area (Å²) in [4.78, 5) is 0. The maximum absolute atomic E-state index is 12.4. The smallest absolute Gasteiger partial charge is 0.0583 e. The number of hydrogen-bond acceptors (Lipinski definition) is 2. The molecule has 17 heavy (non-hydrogen) atoms. The van der Waals surface area contributed by atoms with Crippen LogP contribution in [0.2, 0.25) is 0 Å². The van der Waals surface area contributed by atoms with Crippen LogP contribution in [0.4, 0.5) is 0 Å². The van der Waals surface area contributed by atoms with E-state index in [1.165, 1.54) is 11.1 Å². The maximum Gasteiger partial charge on any atom is 0.0583 e. The van der Waals surface area contributed by atoms with Gasteiger partial charge in [-0.3, -0.25) is 4.21 Å². The van der Waals surface area contributed by atoms with Gasteiger partial charge in [-0.25, -0.2) is 0 Å². The van der Waals surface area contributed by atoms with E-state index in [0.717, 1.165) is 12.2 Å².